The average Bonchev–Trinajstić information content (AvgIpc) is 2.48. The van der Waals surface area contributed by atoms with Crippen LogP contribution in [0.15, 0.2) is 42.6 Å². The predicted octanol–water partition coefficient (Wildman–Crippen LogP) is 2.92. The monoisotopic (exact) mass is 269 g/mol. The van der Waals surface area contributed by atoms with Crippen molar-refractivity contribution in [2.45, 2.75) is 26.3 Å². The van der Waals surface area contributed by atoms with Crippen LogP contribution >= 0.6 is 0 Å². The molecule has 0 saturated carbocycles. The van der Waals surface area contributed by atoms with Crippen LogP contribution in [-0.4, -0.2) is 10.9 Å². The van der Waals surface area contributed by atoms with Crippen molar-refractivity contribution in [1.29, 1.82) is 0 Å². The normalized spacial score (nSPS) is 10.6. The number of benzene rings is 1. The van der Waals surface area contributed by atoms with Crippen molar-refractivity contribution in [2.24, 2.45) is 5.73 Å². The van der Waals surface area contributed by atoms with Crippen LogP contribution < -0.4 is 11.1 Å². The van der Waals surface area contributed by atoms with E-state index in [-0.39, 0.29) is 5.91 Å². The lowest BCUT2D eigenvalue weighted by Gasteiger charge is -2.08. The Morgan fingerprint density at radius 2 is 1.90 bits per heavy atom. The Hall–Kier alpha value is -2.20. The third kappa shape index (κ3) is 3.42. The topological polar surface area (TPSA) is 68.0 Å². The van der Waals surface area contributed by atoms with Gasteiger partial charge in [-0.15, -0.1) is 0 Å². The quantitative estimate of drug-likeness (QED) is 0.896. The minimum Gasteiger partial charge on any atom is -0.326 e. The summed E-state index contributed by atoms with van der Waals surface area (Å²) in [4.78, 5) is 16.2. The third-order valence-corrected chi connectivity index (χ3v) is 3.14. The maximum atomic E-state index is 12.1. The number of hydrogen-bond donors (Lipinski definition) is 2. The number of amides is 1. The van der Waals surface area contributed by atoms with E-state index in [1.54, 1.807) is 12.3 Å². The summed E-state index contributed by atoms with van der Waals surface area (Å²) in [6, 6.07) is 11.2. The second kappa shape index (κ2) is 6.30. The highest BCUT2D eigenvalue weighted by molar-refractivity contribution is 6.03. The Balaban J connectivity index is 2.07. The number of nitrogens with two attached hydrogens (primary N) is 1. The van der Waals surface area contributed by atoms with Crippen molar-refractivity contribution in [3.63, 3.8) is 0 Å². The molecule has 0 spiro atoms. The summed E-state index contributed by atoms with van der Waals surface area (Å²) >= 11 is 0. The Morgan fingerprint density at radius 3 is 2.40 bits per heavy atom. The highest BCUT2D eigenvalue weighted by Crippen LogP contribution is 2.15. The summed E-state index contributed by atoms with van der Waals surface area (Å²) in [6.45, 7) is 4.69. The van der Waals surface area contributed by atoms with Crippen molar-refractivity contribution >= 4 is 11.7 Å². The van der Waals surface area contributed by atoms with E-state index in [1.807, 2.05) is 30.3 Å². The molecule has 0 aliphatic heterocycles. The summed E-state index contributed by atoms with van der Waals surface area (Å²) in [5.74, 6) is 0.825. The fourth-order valence-corrected chi connectivity index (χ4v) is 1.83. The Kier molecular flexibility index (Phi) is 4.48. The van der Waals surface area contributed by atoms with Gasteiger partial charge in [0.2, 0.25) is 0 Å². The second-order valence-corrected chi connectivity index (χ2v) is 4.99. The van der Waals surface area contributed by atoms with Crippen molar-refractivity contribution in [2.75, 3.05) is 5.32 Å². The zero-order valence-electron chi connectivity index (χ0n) is 11.8. The van der Waals surface area contributed by atoms with Gasteiger partial charge in [-0.25, -0.2) is 4.98 Å². The molecule has 2 aromatic rings. The largest absolute Gasteiger partial charge is 0.326 e. The van der Waals surface area contributed by atoms with E-state index in [4.69, 9.17) is 5.73 Å². The van der Waals surface area contributed by atoms with Crippen molar-refractivity contribution in [3.8, 4) is 0 Å². The van der Waals surface area contributed by atoms with Gasteiger partial charge in [0.1, 0.15) is 5.82 Å². The van der Waals surface area contributed by atoms with Gasteiger partial charge in [-0.05, 0) is 35.2 Å². The standard InChI is InChI=1S/C16H19N3O/c1-11(2)13-4-6-14(7-5-13)16(20)19-15-8-3-12(9-17)10-18-15/h3-8,10-11H,9,17H2,1-2H3,(H,18,19,20). The molecule has 0 radical (unpaired) electrons. The molecule has 4 heteroatoms. The van der Waals surface area contributed by atoms with E-state index >= 15 is 0 Å². The molecule has 0 bridgehead atoms. The van der Waals surface area contributed by atoms with E-state index in [9.17, 15) is 4.79 Å². The number of anilines is 1. The number of pyridine rings is 1. The fraction of sp³-hybridized carbons (Fsp3) is 0.250. The maximum absolute atomic E-state index is 12.1. The Bertz CT molecular complexity index is 574. The van der Waals surface area contributed by atoms with Crippen LogP contribution in [0.4, 0.5) is 5.82 Å². The molecule has 20 heavy (non-hydrogen) atoms. The highest BCUT2D eigenvalue weighted by atomic mass is 16.1. The minimum absolute atomic E-state index is 0.159. The summed E-state index contributed by atoms with van der Waals surface area (Å²) in [5.41, 5.74) is 8.28. The zero-order chi connectivity index (χ0) is 14.5. The van der Waals surface area contributed by atoms with Crippen LogP contribution in [0, 0.1) is 0 Å². The molecule has 0 fully saturated rings. The number of hydrogen-bond acceptors (Lipinski definition) is 3. The number of aromatic nitrogens is 1. The van der Waals surface area contributed by atoms with Gasteiger partial charge >= 0.3 is 0 Å². The molecule has 2 rings (SSSR count). The van der Waals surface area contributed by atoms with E-state index in [0.717, 1.165) is 5.56 Å². The molecule has 1 aromatic carbocycles. The maximum Gasteiger partial charge on any atom is 0.256 e. The van der Waals surface area contributed by atoms with Gasteiger partial charge in [0, 0.05) is 18.3 Å². The molecular weight excluding hydrogens is 250 g/mol. The summed E-state index contributed by atoms with van der Waals surface area (Å²) in [5, 5.41) is 2.77. The van der Waals surface area contributed by atoms with Gasteiger partial charge in [0.05, 0.1) is 0 Å². The van der Waals surface area contributed by atoms with Gasteiger partial charge < -0.3 is 11.1 Å². The van der Waals surface area contributed by atoms with Gasteiger partial charge in [0.15, 0.2) is 0 Å². The van der Waals surface area contributed by atoms with Gasteiger partial charge in [-0.3, -0.25) is 4.79 Å². The molecule has 4 nitrogen and oxygen atoms in total. The lowest BCUT2D eigenvalue weighted by Crippen LogP contribution is -2.13. The highest BCUT2D eigenvalue weighted by Gasteiger charge is 2.07. The molecule has 1 heterocycles. The number of rotatable bonds is 4. The van der Waals surface area contributed by atoms with Crippen LogP contribution in [0.2, 0.25) is 0 Å². The van der Waals surface area contributed by atoms with Crippen LogP contribution in [0.3, 0.4) is 0 Å². The van der Waals surface area contributed by atoms with Gasteiger partial charge in [-0.2, -0.15) is 0 Å². The molecule has 0 unspecified atom stereocenters. The zero-order valence-corrected chi connectivity index (χ0v) is 11.8. The molecule has 0 saturated heterocycles. The van der Waals surface area contributed by atoms with E-state index in [2.05, 4.69) is 24.1 Å². The molecule has 1 aromatic heterocycles. The predicted molar refractivity (Wildman–Crippen MR) is 80.6 cm³/mol. The molecule has 0 aliphatic carbocycles. The molecule has 1 amide bonds. The van der Waals surface area contributed by atoms with Crippen molar-refractivity contribution in [3.05, 3.63) is 59.3 Å². The first kappa shape index (κ1) is 14.2. The van der Waals surface area contributed by atoms with Gasteiger partial charge in [-0.1, -0.05) is 32.0 Å². The van der Waals surface area contributed by atoms with Crippen molar-refractivity contribution < 1.29 is 4.79 Å². The first-order valence-electron chi connectivity index (χ1n) is 6.66. The molecular formula is C16H19N3O. The summed E-state index contributed by atoms with van der Waals surface area (Å²) in [6.07, 6.45) is 1.66. The van der Waals surface area contributed by atoms with E-state index in [0.29, 0.717) is 23.8 Å². The molecule has 3 N–H and O–H groups in total. The number of nitrogens with zero attached hydrogens (tertiary/aromatic N) is 1. The fourth-order valence-electron chi connectivity index (χ4n) is 1.83. The molecule has 0 aliphatic rings. The first-order valence-corrected chi connectivity index (χ1v) is 6.66. The first-order chi connectivity index (χ1) is 9.60. The smallest absolute Gasteiger partial charge is 0.256 e. The Morgan fingerprint density at radius 1 is 1.20 bits per heavy atom. The molecule has 104 valence electrons. The number of carbonyl (C=O) groups excluding carboxylic acids is 1. The SMILES string of the molecule is CC(C)c1ccc(C(=O)Nc2ccc(CN)cn2)cc1. The summed E-state index contributed by atoms with van der Waals surface area (Å²) in [7, 11) is 0. The third-order valence-electron chi connectivity index (χ3n) is 3.14. The Labute approximate surface area is 119 Å². The molecule has 0 atom stereocenters. The number of nitrogens with one attached hydrogen (secondary N) is 1. The van der Waals surface area contributed by atoms with Gasteiger partial charge in [0.25, 0.3) is 5.91 Å². The second-order valence-electron chi connectivity index (χ2n) is 4.99. The van der Waals surface area contributed by atoms with Crippen LogP contribution in [0.5, 0.6) is 0 Å². The lowest BCUT2D eigenvalue weighted by molar-refractivity contribution is 0.102. The average molecular weight is 269 g/mol. The lowest BCUT2D eigenvalue weighted by atomic mass is 10.0. The summed E-state index contributed by atoms with van der Waals surface area (Å²) < 4.78 is 0. The van der Waals surface area contributed by atoms with E-state index in [1.165, 1.54) is 5.56 Å². The van der Waals surface area contributed by atoms with Crippen molar-refractivity contribution in [1.82, 2.24) is 4.98 Å². The van der Waals surface area contributed by atoms with Crippen LogP contribution in [0.1, 0.15) is 41.3 Å². The van der Waals surface area contributed by atoms with Crippen LogP contribution in [0.25, 0.3) is 0 Å². The van der Waals surface area contributed by atoms with E-state index < -0.39 is 0 Å². The number of carbonyl (C=O) groups is 1. The minimum atomic E-state index is -0.159. The van der Waals surface area contributed by atoms with Crippen LogP contribution in [-0.2, 0) is 6.54 Å².